The molecule has 0 aliphatic heterocycles. The van der Waals surface area contributed by atoms with Gasteiger partial charge < -0.3 is 15.2 Å². The van der Waals surface area contributed by atoms with Crippen LogP contribution in [0.15, 0.2) is 12.5 Å². The van der Waals surface area contributed by atoms with Crippen LogP contribution < -0.4 is 10.6 Å². The van der Waals surface area contributed by atoms with Gasteiger partial charge in [-0.2, -0.15) is 0 Å². The SMILES string of the molecule is CCNCCc1cn(CC(=O)NC(C)(C)CC)cn1. The van der Waals surface area contributed by atoms with E-state index in [9.17, 15) is 4.79 Å². The van der Waals surface area contributed by atoms with E-state index in [1.165, 1.54) is 0 Å². The molecular weight excluding hydrogens is 240 g/mol. The number of imidazole rings is 1. The lowest BCUT2D eigenvalue weighted by molar-refractivity contribution is -0.123. The first-order valence-corrected chi connectivity index (χ1v) is 6.99. The molecule has 0 aliphatic rings. The Labute approximate surface area is 115 Å². The number of aromatic nitrogens is 2. The number of nitrogens with zero attached hydrogens (tertiary/aromatic N) is 2. The fourth-order valence-corrected chi connectivity index (χ4v) is 1.69. The topological polar surface area (TPSA) is 59.0 Å². The average molecular weight is 266 g/mol. The second kappa shape index (κ2) is 7.28. The lowest BCUT2D eigenvalue weighted by Gasteiger charge is -2.24. The van der Waals surface area contributed by atoms with Gasteiger partial charge in [0.1, 0.15) is 6.54 Å². The molecular formula is C14H26N4O. The monoisotopic (exact) mass is 266 g/mol. The highest BCUT2D eigenvalue weighted by atomic mass is 16.2. The summed E-state index contributed by atoms with van der Waals surface area (Å²) < 4.78 is 1.84. The van der Waals surface area contributed by atoms with E-state index in [1.54, 1.807) is 6.33 Å². The first kappa shape index (κ1) is 15.7. The number of carbonyl (C=O) groups excluding carboxylic acids is 1. The molecule has 1 aromatic heterocycles. The second-order valence-electron chi connectivity index (χ2n) is 5.43. The minimum atomic E-state index is -0.147. The summed E-state index contributed by atoms with van der Waals surface area (Å²) in [6, 6.07) is 0. The molecule has 0 aromatic carbocycles. The molecule has 0 radical (unpaired) electrons. The van der Waals surface area contributed by atoms with Gasteiger partial charge in [-0.1, -0.05) is 13.8 Å². The van der Waals surface area contributed by atoms with Crippen molar-refractivity contribution in [2.75, 3.05) is 13.1 Å². The molecule has 1 amide bonds. The number of nitrogens with one attached hydrogen (secondary N) is 2. The number of amides is 1. The predicted octanol–water partition coefficient (Wildman–Crippen LogP) is 1.34. The Morgan fingerprint density at radius 2 is 2.16 bits per heavy atom. The van der Waals surface area contributed by atoms with E-state index in [-0.39, 0.29) is 11.4 Å². The summed E-state index contributed by atoms with van der Waals surface area (Å²) in [7, 11) is 0. The van der Waals surface area contributed by atoms with E-state index in [1.807, 2.05) is 24.6 Å². The molecule has 2 N–H and O–H groups in total. The van der Waals surface area contributed by atoms with Crippen molar-refractivity contribution in [3.63, 3.8) is 0 Å². The van der Waals surface area contributed by atoms with Crippen LogP contribution in [0.1, 0.15) is 39.8 Å². The van der Waals surface area contributed by atoms with Gasteiger partial charge in [0, 0.05) is 24.7 Å². The zero-order valence-electron chi connectivity index (χ0n) is 12.5. The van der Waals surface area contributed by atoms with E-state index in [2.05, 4.69) is 29.5 Å². The quantitative estimate of drug-likeness (QED) is 0.698. The maximum atomic E-state index is 11.9. The smallest absolute Gasteiger partial charge is 0.240 e. The van der Waals surface area contributed by atoms with Crippen LogP contribution >= 0.6 is 0 Å². The van der Waals surface area contributed by atoms with Crippen molar-refractivity contribution in [3.8, 4) is 0 Å². The zero-order valence-corrected chi connectivity index (χ0v) is 12.5. The first-order chi connectivity index (χ1) is 8.96. The van der Waals surface area contributed by atoms with Gasteiger partial charge in [0.25, 0.3) is 0 Å². The van der Waals surface area contributed by atoms with Crippen LogP contribution in [0.5, 0.6) is 0 Å². The fraction of sp³-hybridized carbons (Fsp3) is 0.714. The van der Waals surface area contributed by atoms with E-state index in [4.69, 9.17) is 0 Å². The Balaban J connectivity index is 2.42. The number of hydrogen-bond acceptors (Lipinski definition) is 3. The molecule has 0 aliphatic carbocycles. The highest BCUT2D eigenvalue weighted by Crippen LogP contribution is 2.06. The lowest BCUT2D eigenvalue weighted by atomic mass is 10.0. The lowest BCUT2D eigenvalue weighted by Crippen LogP contribution is -2.44. The Morgan fingerprint density at radius 3 is 2.79 bits per heavy atom. The van der Waals surface area contributed by atoms with E-state index in [0.29, 0.717) is 6.54 Å². The normalized spacial score (nSPS) is 11.6. The summed E-state index contributed by atoms with van der Waals surface area (Å²) >= 11 is 0. The number of hydrogen-bond donors (Lipinski definition) is 2. The molecule has 0 spiro atoms. The first-order valence-electron chi connectivity index (χ1n) is 6.99. The second-order valence-corrected chi connectivity index (χ2v) is 5.43. The summed E-state index contributed by atoms with van der Waals surface area (Å²) in [4.78, 5) is 16.2. The Kier molecular flexibility index (Phi) is 6.02. The van der Waals surface area contributed by atoms with Gasteiger partial charge in [0.05, 0.1) is 12.0 Å². The van der Waals surface area contributed by atoms with Crippen LogP contribution in [0.3, 0.4) is 0 Å². The summed E-state index contributed by atoms with van der Waals surface area (Å²) in [5, 5.41) is 6.27. The summed E-state index contributed by atoms with van der Waals surface area (Å²) in [6.45, 7) is 10.4. The van der Waals surface area contributed by atoms with Gasteiger partial charge in [0.15, 0.2) is 0 Å². The molecule has 0 fully saturated rings. The molecule has 0 saturated carbocycles. The van der Waals surface area contributed by atoms with Crippen molar-refractivity contribution in [3.05, 3.63) is 18.2 Å². The largest absolute Gasteiger partial charge is 0.350 e. The fourth-order valence-electron chi connectivity index (χ4n) is 1.69. The van der Waals surface area contributed by atoms with Crippen LogP contribution in [0.25, 0.3) is 0 Å². The van der Waals surface area contributed by atoms with Crippen LogP contribution in [0, 0.1) is 0 Å². The van der Waals surface area contributed by atoms with Crippen molar-refractivity contribution < 1.29 is 4.79 Å². The minimum absolute atomic E-state index is 0.0301. The van der Waals surface area contributed by atoms with Gasteiger partial charge in [-0.3, -0.25) is 4.79 Å². The maximum Gasteiger partial charge on any atom is 0.240 e. The Bertz CT molecular complexity index is 398. The van der Waals surface area contributed by atoms with E-state index in [0.717, 1.165) is 31.6 Å². The van der Waals surface area contributed by atoms with E-state index < -0.39 is 0 Å². The molecule has 0 bridgehead atoms. The highest BCUT2D eigenvalue weighted by molar-refractivity contribution is 5.76. The van der Waals surface area contributed by atoms with Crippen molar-refractivity contribution in [2.24, 2.45) is 0 Å². The number of carbonyl (C=O) groups is 1. The molecule has 0 unspecified atom stereocenters. The molecule has 1 heterocycles. The standard InChI is InChI=1S/C14H26N4O/c1-5-14(3,4)17-13(19)10-18-9-12(16-11-18)7-8-15-6-2/h9,11,15H,5-8,10H2,1-4H3,(H,17,19). The van der Waals surface area contributed by atoms with Gasteiger partial charge in [-0.05, 0) is 26.8 Å². The van der Waals surface area contributed by atoms with Gasteiger partial charge in [-0.15, -0.1) is 0 Å². The molecule has 19 heavy (non-hydrogen) atoms. The van der Waals surface area contributed by atoms with Crippen molar-refractivity contribution in [1.29, 1.82) is 0 Å². The molecule has 1 aromatic rings. The van der Waals surface area contributed by atoms with Crippen LogP contribution in [0.4, 0.5) is 0 Å². The Hall–Kier alpha value is -1.36. The Morgan fingerprint density at radius 1 is 1.42 bits per heavy atom. The van der Waals surface area contributed by atoms with Crippen molar-refractivity contribution in [1.82, 2.24) is 20.2 Å². The maximum absolute atomic E-state index is 11.9. The molecule has 5 nitrogen and oxygen atoms in total. The minimum Gasteiger partial charge on any atom is -0.350 e. The van der Waals surface area contributed by atoms with Crippen molar-refractivity contribution in [2.45, 2.75) is 52.6 Å². The van der Waals surface area contributed by atoms with Crippen molar-refractivity contribution >= 4 is 5.91 Å². The van der Waals surface area contributed by atoms with Gasteiger partial charge in [-0.25, -0.2) is 4.98 Å². The summed E-state index contributed by atoms with van der Waals surface area (Å²) in [5.41, 5.74) is 0.870. The number of likely N-dealkylation sites (N-methyl/N-ethyl adjacent to an activating group) is 1. The molecule has 1 rings (SSSR count). The van der Waals surface area contributed by atoms with E-state index >= 15 is 0 Å². The van der Waals surface area contributed by atoms with Gasteiger partial charge in [0.2, 0.25) is 5.91 Å². The molecule has 0 atom stereocenters. The predicted molar refractivity (Wildman–Crippen MR) is 77.0 cm³/mol. The van der Waals surface area contributed by atoms with Crippen LogP contribution in [-0.2, 0) is 17.8 Å². The highest BCUT2D eigenvalue weighted by Gasteiger charge is 2.17. The third-order valence-electron chi connectivity index (χ3n) is 3.18. The zero-order chi connectivity index (χ0) is 14.3. The molecule has 108 valence electrons. The average Bonchev–Trinajstić information content (AvgIpc) is 2.76. The molecule has 0 saturated heterocycles. The number of rotatable bonds is 8. The third kappa shape index (κ3) is 5.87. The van der Waals surface area contributed by atoms with Crippen LogP contribution in [0.2, 0.25) is 0 Å². The molecule has 5 heteroatoms. The summed E-state index contributed by atoms with van der Waals surface area (Å²) in [5.74, 6) is 0.0301. The summed E-state index contributed by atoms with van der Waals surface area (Å²) in [6.07, 6.45) is 5.47. The van der Waals surface area contributed by atoms with Crippen LogP contribution in [-0.4, -0.2) is 34.1 Å². The third-order valence-corrected chi connectivity index (χ3v) is 3.18. The van der Waals surface area contributed by atoms with Gasteiger partial charge >= 0.3 is 0 Å².